The van der Waals surface area contributed by atoms with Crippen molar-refractivity contribution in [1.82, 2.24) is 10.3 Å². The highest BCUT2D eigenvalue weighted by atomic mass is 19.1. The van der Waals surface area contributed by atoms with Crippen molar-refractivity contribution in [2.45, 2.75) is 52.4 Å². The zero-order valence-electron chi connectivity index (χ0n) is 20.2. The maximum atomic E-state index is 13.4. The molecule has 4 nitrogen and oxygen atoms in total. The van der Waals surface area contributed by atoms with Crippen molar-refractivity contribution in [3.05, 3.63) is 82.8 Å². The summed E-state index contributed by atoms with van der Waals surface area (Å²) in [5.41, 5.74) is 5.77. The van der Waals surface area contributed by atoms with E-state index in [9.17, 15) is 9.18 Å². The maximum Gasteiger partial charge on any atom is 0.224 e. The molecule has 1 aliphatic carbocycles. The Kier molecular flexibility index (Phi) is 7.61. The van der Waals surface area contributed by atoms with Crippen LogP contribution in [-0.2, 0) is 17.6 Å². The van der Waals surface area contributed by atoms with Crippen LogP contribution < -0.4 is 10.1 Å². The zero-order valence-corrected chi connectivity index (χ0v) is 20.2. The van der Waals surface area contributed by atoms with E-state index >= 15 is 0 Å². The zero-order chi connectivity index (χ0) is 24.1. The van der Waals surface area contributed by atoms with Gasteiger partial charge in [-0.3, -0.25) is 4.79 Å². The number of rotatable bonds is 10. The van der Waals surface area contributed by atoms with Gasteiger partial charge in [0, 0.05) is 24.2 Å². The monoisotopic (exact) mass is 460 g/mol. The standard InChI is InChI=1S/C29H33FN2O2/c1-4-15-34-29-20(3)16-25(32-28(29)23-9-11-24(30)12-10-23)13-14-31-27(33)18-21-5-7-22(8-6-21)26-17-19(26)2/h5-12,16,19,26H,4,13-15,17-18H2,1-3H3,(H,31,33). The van der Waals surface area contributed by atoms with E-state index in [4.69, 9.17) is 9.72 Å². The Hall–Kier alpha value is -3.21. The number of aromatic nitrogens is 1. The number of halogens is 1. The predicted molar refractivity (Wildman–Crippen MR) is 134 cm³/mol. The van der Waals surface area contributed by atoms with Crippen molar-refractivity contribution >= 4 is 5.91 Å². The SMILES string of the molecule is CCCOc1c(C)cc(CCNC(=O)Cc2ccc(C3CC3C)cc2)nc1-c1ccc(F)cc1. The number of hydrogen-bond donors (Lipinski definition) is 1. The van der Waals surface area contributed by atoms with Crippen LogP contribution in [0, 0.1) is 18.7 Å². The molecule has 0 saturated heterocycles. The van der Waals surface area contributed by atoms with Gasteiger partial charge in [0.2, 0.25) is 5.91 Å². The summed E-state index contributed by atoms with van der Waals surface area (Å²) in [7, 11) is 0. The molecular formula is C29H33FN2O2. The third kappa shape index (κ3) is 6.02. The van der Waals surface area contributed by atoms with Crippen LogP contribution in [0.25, 0.3) is 11.3 Å². The lowest BCUT2D eigenvalue weighted by Crippen LogP contribution is -2.27. The average molecular weight is 461 g/mol. The number of hydrogen-bond acceptors (Lipinski definition) is 3. The van der Waals surface area contributed by atoms with E-state index in [2.05, 4.69) is 43.4 Å². The predicted octanol–water partition coefficient (Wildman–Crippen LogP) is 6.01. The van der Waals surface area contributed by atoms with Crippen molar-refractivity contribution in [2.75, 3.05) is 13.2 Å². The van der Waals surface area contributed by atoms with E-state index < -0.39 is 0 Å². The highest BCUT2D eigenvalue weighted by Crippen LogP contribution is 2.46. The molecule has 4 rings (SSSR count). The first-order valence-corrected chi connectivity index (χ1v) is 12.2. The van der Waals surface area contributed by atoms with Crippen LogP contribution in [0.4, 0.5) is 4.39 Å². The number of aryl methyl sites for hydroxylation is 1. The molecule has 1 N–H and O–H groups in total. The van der Waals surface area contributed by atoms with E-state index in [1.807, 2.05) is 13.0 Å². The number of benzene rings is 2. The number of carbonyl (C=O) groups is 1. The Labute approximate surface area is 201 Å². The Morgan fingerprint density at radius 3 is 2.50 bits per heavy atom. The van der Waals surface area contributed by atoms with Crippen LogP contribution in [0.3, 0.4) is 0 Å². The smallest absolute Gasteiger partial charge is 0.224 e. The molecule has 1 aromatic heterocycles. The van der Waals surface area contributed by atoms with Gasteiger partial charge in [0.1, 0.15) is 17.3 Å². The Bertz CT molecular complexity index is 1130. The molecule has 1 saturated carbocycles. The fourth-order valence-electron chi connectivity index (χ4n) is 4.29. The summed E-state index contributed by atoms with van der Waals surface area (Å²) >= 11 is 0. The number of carbonyl (C=O) groups excluding carboxylic acids is 1. The molecule has 178 valence electrons. The van der Waals surface area contributed by atoms with E-state index in [0.717, 1.165) is 40.5 Å². The minimum atomic E-state index is -0.285. The molecule has 1 amide bonds. The van der Waals surface area contributed by atoms with Gasteiger partial charge in [-0.15, -0.1) is 0 Å². The first kappa shape index (κ1) is 23.9. The minimum Gasteiger partial charge on any atom is -0.491 e. The normalized spacial score (nSPS) is 16.8. The van der Waals surface area contributed by atoms with E-state index in [-0.39, 0.29) is 11.7 Å². The fourth-order valence-corrected chi connectivity index (χ4v) is 4.29. The second-order valence-electron chi connectivity index (χ2n) is 9.30. The molecule has 5 heteroatoms. The maximum absolute atomic E-state index is 13.4. The molecule has 1 fully saturated rings. The topological polar surface area (TPSA) is 51.2 Å². The molecule has 2 atom stereocenters. The van der Waals surface area contributed by atoms with Gasteiger partial charge in [-0.25, -0.2) is 9.37 Å². The summed E-state index contributed by atoms with van der Waals surface area (Å²) in [4.78, 5) is 17.3. The first-order chi connectivity index (χ1) is 16.4. The summed E-state index contributed by atoms with van der Waals surface area (Å²) < 4.78 is 19.4. The van der Waals surface area contributed by atoms with Gasteiger partial charge >= 0.3 is 0 Å². The lowest BCUT2D eigenvalue weighted by atomic mass is 10.0. The molecule has 2 unspecified atom stereocenters. The third-order valence-corrected chi connectivity index (χ3v) is 6.37. The Balaban J connectivity index is 1.38. The van der Waals surface area contributed by atoms with Gasteiger partial charge < -0.3 is 10.1 Å². The van der Waals surface area contributed by atoms with E-state index in [1.54, 1.807) is 12.1 Å². The second-order valence-corrected chi connectivity index (χ2v) is 9.30. The summed E-state index contributed by atoms with van der Waals surface area (Å²) in [6.45, 7) is 7.41. The first-order valence-electron chi connectivity index (χ1n) is 12.2. The number of pyridine rings is 1. The van der Waals surface area contributed by atoms with Crippen LogP contribution >= 0.6 is 0 Å². The molecule has 0 bridgehead atoms. The molecule has 0 aliphatic heterocycles. The Morgan fingerprint density at radius 1 is 1.15 bits per heavy atom. The van der Waals surface area contributed by atoms with E-state index in [1.165, 1.54) is 24.1 Å². The van der Waals surface area contributed by atoms with Crippen LogP contribution in [0.15, 0.2) is 54.6 Å². The van der Waals surface area contributed by atoms with Gasteiger partial charge in [-0.05, 0) is 78.6 Å². The lowest BCUT2D eigenvalue weighted by molar-refractivity contribution is -0.120. The summed E-state index contributed by atoms with van der Waals surface area (Å²) in [5, 5.41) is 3.01. The number of ether oxygens (including phenoxy) is 1. The lowest BCUT2D eigenvalue weighted by Gasteiger charge is -2.15. The number of nitrogens with zero attached hydrogens (tertiary/aromatic N) is 1. The van der Waals surface area contributed by atoms with Gasteiger partial charge in [0.25, 0.3) is 0 Å². The van der Waals surface area contributed by atoms with Crippen molar-refractivity contribution in [2.24, 2.45) is 5.92 Å². The van der Waals surface area contributed by atoms with Crippen molar-refractivity contribution in [3.8, 4) is 17.0 Å². The summed E-state index contributed by atoms with van der Waals surface area (Å²) in [6, 6.07) is 16.7. The summed E-state index contributed by atoms with van der Waals surface area (Å²) in [5.74, 6) is 1.92. The van der Waals surface area contributed by atoms with Gasteiger partial charge in [-0.2, -0.15) is 0 Å². The van der Waals surface area contributed by atoms with Crippen molar-refractivity contribution in [1.29, 1.82) is 0 Å². The van der Waals surface area contributed by atoms with Crippen molar-refractivity contribution in [3.63, 3.8) is 0 Å². The highest BCUT2D eigenvalue weighted by Gasteiger charge is 2.33. The summed E-state index contributed by atoms with van der Waals surface area (Å²) in [6.07, 6.45) is 3.13. The van der Waals surface area contributed by atoms with Crippen LogP contribution in [-0.4, -0.2) is 24.0 Å². The third-order valence-electron chi connectivity index (χ3n) is 6.37. The molecular weight excluding hydrogens is 427 g/mol. The Morgan fingerprint density at radius 2 is 1.85 bits per heavy atom. The molecule has 0 spiro atoms. The van der Waals surface area contributed by atoms with Crippen molar-refractivity contribution < 1.29 is 13.9 Å². The quantitative estimate of drug-likeness (QED) is 0.403. The largest absolute Gasteiger partial charge is 0.491 e. The molecule has 2 aromatic carbocycles. The van der Waals surface area contributed by atoms with Crippen LogP contribution in [0.5, 0.6) is 5.75 Å². The number of amides is 1. The fraction of sp³-hybridized carbons (Fsp3) is 0.379. The van der Waals surface area contributed by atoms with Gasteiger partial charge in [-0.1, -0.05) is 38.1 Å². The van der Waals surface area contributed by atoms with Gasteiger partial charge in [0.15, 0.2) is 0 Å². The van der Waals surface area contributed by atoms with E-state index in [0.29, 0.717) is 37.6 Å². The molecule has 3 aromatic rings. The highest BCUT2D eigenvalue weighted by molar-refractivity contribution is 5.78. The second kappa shape index (κ2) is 10.8. The molecule has 1 heterocycles. The molecule has 0 radical (unpaired) electrons. The van der Waals surface area contributed by atoms with Crippen LogP contribution in [0.2, 0.25) is 0 Å². The minimum absolute atomic E-state index is 0.00548. The number of nitrogens with one attached hydrogen (secondary N) is 1. The molecule has 34 heavy (non-hydrogen) atoms. The van der Waals surface area contributed by atoms with Crippen LogP contribution in [0.1, 0.15) is 55.0 Å². The average Bonchev–Trinajstić information content (AvgIpc) is 3.55. The molecule has 1 aliphatic rings. The van der Waals surface area contributed by atoms with Gasteiger partial charge in [0.05, 0.1) is 13.0 Å².